The van der Waals surface area contributed by atoms with Gasteiger partial charge in [0.25, 0.3) is 0 Å². The molecule has 118 valence electrons. The molecule has 1 saturated heterocycles. The molecule has 1 aromatic carbocycles. The highest BCUT2D eigenvalue weighted by molar-refractivity contribution is 5.29. The molecule has 0 amide bonds. The zero-order valence-electron chi connectivity index (χ0n) is 13.1. The van der Waals surface area contributed by atoms with Crippen LogP contribution in [-0.2, 0) is 13.6 Å². The Morgan fingerprint density at radius 1 is 1.27 bits per heavy atom. The summed E-state index contributed by atoms with van der Waals surface area (Å²) >= 11 is 0. The zero-order valence-corrected chi connectivity index (χ0v) is 13.1. The fourth-order valence-electron chi connectivity index (χ4n) is 3.24. The van der Waals surface area contributed by atoms with Gasteiger partial charge in [-0.05, 0) is 49.7 Å². The van der Waals surface area contributed by atoms with Gasteiger partial charge in [-0.25, -0.2) is 4.39 Å². The number of piperidine rings is 1. The van der Waals surface area contributed by atoms with E-state index in [1.54, 1.807) is 12.1 Å². The number of halogens is 1. The first kappa shape index (κ1) is 15.0. The van der Waals surface area contributed by atoms with Gasteiger partial charge in [0.15, 0.2) is 11.6 Å². The number of nitrogens with zero attached hydrogens (tertiary/aromatic N) is 3. The van der Waals surface area contributed by atoms with Crippen LogP contribution in [0.15, 0.2) is 30.5 Å². The van der Waals surface area contributed by atoms with E-state index in [1.165, 1.54) is 12.8 Å². The van der Waals surface area contributed by atoms with Gasteiger partial charge < -0.3 is 4.74 Å². The van der Waals surface area contributed by atoms with Crippen LogP contribution in [0.3, 0.4) is 0 Å². The Labute approximate surface area is 130 Å². The highest BCUT2D eigenvalue weighted by Crippen LogP contribution is 2.28. The number of hydrogen-bond donors (Lipinski definition) is 0. The maximum atomic E-state index is 13.7. The molecule has 1 aliphatic rings. The largest absolute Gasteiger partial charge is 0.494 e. The summed E-state index contributed by atoms with van der Waals surface area (Å²) in [5.74, 6) is 0.597. The van der Waals surface area contributed by atoms with E-state index in [2.05, 4.69) is 16.1 Å². The minimum absolute atomic E-state index is 0.287. The standard InChI is InChI=1S/C17H22FN3O/c1-20-16(5-8-19-20)14-6-9-21(10-7-14)12-13-3-4-17(22-2)15(18)11-13/h3-5,8,11,14H,6-7,9-10,12H2,1-2H3. The van der Waals surface area contributed by atoms with Crippen molar-refractivity contribution < 1.29 is 9.13 Å². The van der Waals surface area contributed by atoms with E-state index in [0.717, 1.165) is 38.0 Å². The Balaban J connectivity index is 1.58. The second-order valence-corrected chi connectivity index (χ2v) is 5.90. The summed E-state index contributed by atoms with van der Waals surface area (Å²) in [7, 11) is 3.49. The van der Waals surface area contributed by atoms with Crippen LogP contribution in [0.4, 0.5) is 4.39 Å². The summed E-state index contributed by atoms with van der Waals surface area (Å²) in [5, 5.41) is 4.25. The maximum absolute atomic E-state index is 13.7. The zero-order chi connectivity index (χ0) is 15.5. The predicted octanol–water partition coefficient (Wildman–Crippen LogP) is 2.95. The quantitative estimate of drug-likeness (QED) is 0.870. The summed E-state index contributed by atoms with van der Waals surface area (Å²) in [5.41, 5.74) is 2.31. The fraction of sp³-hybridized carbons (Fsp3) is 0.471. The number of aryl methyl sites for hydroxylation is 1. The molecule has 0 bridgehead atoms. The molecule has 0 N–H and O–H groups in total. The fourth-order valence-corrected chi connectivity index (χ4v) is 3.24. The molecule has 0 aliphatic carbocycles. The van der Waals surface area contributed by atoms with E-state index in [4.69, 9.17) is 4.74 Å². The van der Waals surface area contributed by atoms with Gasteiger partial charge in [0.05, 0.1) is 7.11 Å². The van der Waals surface area contributed by atoms with Crippen molar-refractivity contribution in [1.82, 2.24) is 14.7 Å². The second-order valence-electron chi connectivity index (χ2n) is 5.90. The molecule has 4 nitrogen and oxygen atoms in total. The molecule has 1 fully saturated rings. The normalized spacial score (nSPS) is 16.9. The summed E-state index contributed by atoms with van der Waals surface area (Å²) in [4.78, 5) is 2.38. The van der Waals surface area contributed by atoms with E-state index in [9.17, 15) is 4.39 Å². The number of methoxy groups -OCH3 is 1. The van der Waals surface area contributed by atoms with Crippen molar-refractivity contribution in [2.45, 2.75) is 25.3 Å². The molecule has 0 atom stereocenters. The Morgan fingerprint density at radius 2 is 2.05 bits per heavy atom. The molecule has 1 aromatic heterocycles. The van der Waals surface area contributed by atoms with Crippen molar-refractivity contribution in [1.29, 1.82) is 0 Å². The highest BCUT2D eigenvalue weighted by atomic mass is 19.1. The smallest absolute Gasteiger partial charge is 0.165 e. The van der Waals surface area contributed by atoms with Gasteiger partial charge in [-0.3, -0.25) is 9.58 Å². The average molecular weight is 303 g/mol. The lowest BCUT2D eigenvalue weighted by Gasteiger charge is -2.32. The minimum atomic E-state index is -0.287. The lowest BCUT2D eigenvalue weighted by Crippen LogP contribution is -2.33. The van der Waals surface area contributed by atoms with E-state index in [-0.39, 0.29) is 5.82 Å². The van der Waals surface area contributed by atoms with Crippen LogP contribution >= 0.6 is 0 Å². The van der Waals surface area contributed by atoms with Gasteiger partial charge in [0, 0.05) is 31.4 Å². The van der Waals surface area contributed by atoms with Gasteiger partial charge in [0.2, 0.25) is 0 Å². The number of hydrogen-bond acceptors (Lipinski definition) is 3. The molecule has 2 heterocycles. The highest BCUT2D eigenvalue weighted by Gasteiger charge is 2.22. The Kier molecular flexibility index (Phi) is 4.43. The molecule has 0 unspecified atom stereocenters. The summed E-state index contributed by atoms with van der Waals surface area (Å²) in [6, 6.07) is 7.33. The van der Waals surface area contributed by atoms with Crippen molar-refractivity contribution in [2.24, 2.45) is 7.05 Å². The second kappa shape index (κ2) is 6.48. The minimum Gasteiger partial charge on any atom is -0.494 e. The first-order valence-electron chi connectivity index (χ1n) is 7.70. The summed E-state index contributed by atoms with van der Waals surface area (Å²) in [6.45, 7) is 2.85. The van der Waals surface area contributed by atoms with E-state index in [1.807, 2.05) is 24.0 Å². The van der Waals surface area contributed by atoms with Gasteiger partial charge in [0.1, 0.15) is 0 Å². The maximum Gasteiger partial charge on any atom is 0.165 e. The van der Waals surface area contributed by atoms with Crippen LogP contribution in [0.5, 0.6) is 5.75 Å². The van der Waals surface area contributed by atoms with Crippen molar-refractivity contribution in [2.75, 3.05) is 20.2 Å². The first-order chi connectivity index (χ1) is 10.7. The predicted molar refractivity (Wildman–Crippen MR) is 83.4 cm³/mol. The monoisotopic (exact) mass is 303 g/mol. The molecule has 0 saturated carbocycles. The topological polar surface area (TPSA) is 30.3 Å². The molecule has 2 aromatic rings. The molecule has 0 radical (unpaired) electrons. The molecular weight excluding hydrogens is 281 g/mol. The van der Waals surface area contributed by atoms with Crippen LogP contribution < -0.4 is 4.74 Å². The average Bonchev–Trinajstić information content (AvgIpc) is 2.94. The SMILES string of the molecule is COc1ccc(CN2CCC(c3ccnn3C)CC2)cc1F. The third-order valence-corrected chi connectivity index (χ3v) is 4.49. The van der Waals surface area contributed by atoms with E-state index < -0.39 is 0 Å². The molecule has 3 rings (SSSR count). The molecule has 5 heteroatoms. The third-order valence-electron chi connectivity index (χ3n) is 4.49. The van der Waals surface area contributed by atoms with Crippen LogP contribution in [0, 0.1) is 5.82 Å². The Hall–Kier alpha value is -1.88. The van der Waals surface area contributed by atoms with E-state index >= 15 is 0 Å². The van der Waals surface area contributed by atoms with Crippen LogP contribution in [0.1, 0.15) is 30.0 Å². The van der Waals surface area contributed by atoms with Crippen molar-refractivity contribution in [3.63, 3.8) is 0 Å². The lowest BCUT2D eigenvalue weighted by atomic mass is 9.93. The van der Waals surface area contributed by atoms with E-state index in [0.29, 0.717) is 11.7 Å². The Morgan fingerprint density at radius 3 is 2.64 bits per heavy atom. The van der Waals surface area contributed by atoms with Crippen LogP contribution in [0.25, 0.3) is 0 Å². The summed E-state index contributed by atoms with van der Waals surface area (Å²) in [6.07, 6.45) is 4.11. The van der Waals surface area contributed by atoms with Crippen LogP contribution in [-0.4, -0.2) is 34.9 Å². The molecule has 0 spiro atoms. The molecule has 1 aliphatic heterocycles. The van der Waals surface area contributed by atoms with Gasteiger partial charge in [-0.15, -0.1) is 0 Å². The molecular formula is C17H22FN3O. The number of rotatable bonds is 4. The number of ether oxygens (including phenoxy) is 1. The first-order valence-corrected chi connectivity index (χ1v) is 7.70. The van der Waals surface area contributed by atoms with Crippen molar-refractivity contribution >= 4 is 0 Å². The van der Waals surface area contributed by atoms with Crippen LogP contribution in [0.2, 0.25) is 0 Å². The number of likely N-dealkylation sites (tertiary alicyclic amines) is 1. The van der Waals surface area contributed by atoms with Gasteiger partial charge in [-0.1, -0.05) is 6.07 Å². The molecule has 22 heavy (non-hydrogen) atoms. The number of benzene rings is 1. The van der Waals surface area contributed by atoms with Gasteiger partial charge >= 0.3 is 0 Å². The van der Waals surface area contributed by atoms with Crippen molar-refractivity contribution in [3.05, 3.63) is 47.5 Å². The lowest BCUT2D eigenvalue weighted by molar-refractivity contribution is 0.201. The van der Waals surface area contributed by atoms with Crippen molar-refractivity contribution in [3.8, 4) is 5.75 Å². The Bertz CT molecular complexity index is 633. The van der Waals surface area contributed by atoms with Gasteiger partial charge in [-0.2, -0.15) is 5.10 Å². The number of aromatic nitrogens is 2. The third kappa shape index (κ3) is 3.14. The summed E-state index contributed by atoms with van der Waals surface area (Å²) < 4.78 is 20.7.